The summed E-state index contributed by atoms with van der Waals surface area (Å²) in [6.07, 6.45) is 3.76. The van der Waals surface area contributed by atoms with Crippen molar-refractivity contribution in [3.8, 4) is 0 Å². The van der Waals surface area contributed by atoms with Gasteiger partial charge in [-0.2, -0.15) is 11.8 Å². The van der Waals surface area contributed by atoms with E-state index in [9.17, 15) is 0 Å². The highest BCUT2D eigenvalue weighted by Gasteiger charge is 2.19. The summed E-state index contributed by atoms with van der Waals surface area (Å²) in [4.78, 5) is 3.22. The maximum atomic E-state index is 3.73. The second-order valence-corrected chi connectivity index (χ2v) is 7.81. The number of hydrogen-bond acceptors (Lipinski definition) is 3. The fraction of sp³-hybridized carbons (Fsp3) is 0.733. The molecule has 0 aliphatic carbocycles. The van der Waals surface area contributed by atoms with E-state index in [-0.39, 0.29) is 0 Å². The minimum absolute atomic E-state index is 0.575. The number of aryl methyl sites for hydroxylation is 1. The lowest BCUT2D eigenvalue weighted by Gasteiger charge is -2.19. The van der Waals surface area contributed by atoms with Crippen molar-refractivity contribution in [3.05, 3.63) is 21.4 Å². The van der Waals surface area contributed by atoms with Crippen molar-refractivity contribution in [1.82, 2.24) is 5.32 Å². The Hall–Kier alpha value is 0.01000. The first-order chi connectivity index (χ1) is 8.70. The zero-order chi connectivity index (χ0) is 13.0. The summed E-state index contributed by atoms with van der Waals surface area (Å²) in [5.74, 6) is 3.30. The van der Waals surface area contributed by atoms with Crippen LogP contribution < -0.4 is 5.32 Å². The molecule has 3 heteroatoms. The highest BCUT2D eigenvalue weighted by atomic mass is 32.2. The molecule has 0 fully saturated rings. The Morgan fingerprint density at radius 3 is 2.89 bits per heavy atom. The van der Waals surface area contributed by atoms with E-state index in [1.54, 1.807) is 15.3 Å². The normalized spacial score (nSPS) is 16.9. The molecule has 1 unspecified atom stereocenters. The van der Waals surface area contributed by atoms with Gasteiger partial charge in [0.25, 0.3) is 0 Å². The van der Waals surface area contributed by atoms with Gasteiger partial charge in [-0.25, -0.2) is 0 Å². The molecule has 1 N–H and O–H groups in total. The number of thiophene rings is 1. The number of fused-ring (bicyclic) bond motifs is 1. The second-order valence-electron chi connectivity index (χ2n) is 5.54. The van der Waals surface area contributed by atoms with E-state index in [0.29, 0.717) is 6.04 Å². The van der Waals surface area contributed by atoms with Gasteiger partial charge in [0, 0.05) is 21.5 Å². The molecule has 1 aliphatic heterocycles. The second kappa shape index (κ2) is 6.97. The van der Waals surface area contributed by atoms with Crippen LogP contribution in [0.2, 0.25) is 0 Å². The standard InChI is InChI=1S/C15H25NS2/c1-4-6-16-13(8-11(2)3)15-9-12-10-17-7-5-14(12)18-15/h9,11,13,16H,4-8,10H2,1-3H3. The monoisotopic (exact) mass is 283 g/mol. The van der Waals surface area contributed by atoms with Crippen LogP contribution in [-0.4, -0.2) is 12.3 Å². The van der Waals surface area contributed by atoms with Gasteiger partial charge < -0.3 is 5.32 Å². The Balaban J connectivity index is 2.10. The van der Waals surface area contributed by atoms with Crippen LogP contribution >= 0.6 is 23.1 Å². The summed E-state index contributed by atoms with van der Waals surface area (Å²) >= 11 is 4.14. The molecule has 2 heterocycles. The van der Waals surface area contributed by atoms with Crippen LogP contribution in [0.4, 0.5) is 0 Å². The summed E-state index contributed by atoms with van der Waals surface area (Å²) in [6, 6.07) is 3.05. The van der Waals surface area contributed by atoms with Gasteiger partial charge in [0.2, 0.25) is 0 Å². The van der Waals surface area contributed by atoms with E-state index in [4.69, 9.17) is 0 Å². The lowest BCUT2D eigenvalue weighted by Crippen LogP contribution is -2.22. The zero-order valence-corrected chi connectivity index (χ0v) is 13.4. The number of thioether (sulfide) groups is 1. The first-order valence-electron chi connectivity index (χ1n) is 7.13. The quantitative estimate of drug-likeness (QED) is 0.817. The highest BCUT2D eigenvalue weighted by molar-refractivity contribution is 7.98. The van der Waals surface area contributed by atoms with Crippen molar-refractivity contribution in [2.45, 2.75) is 51.8 Å². The number of hydrogen-bond donors (Lipinski definition) is 1. The molecule has 18 heavy (non-hydrogen) atoms. The van der Waals surface area contributed by atoms with E-state index in [0.717, 1.165) is 12.5 Å². The lowest BCUT2D eigenvalue weighted by molar-refractivity contribution is 0.435. The van der Waals surface area contributed by atoms with Crippen molar-refractivity contribution in [2.24, 2.45) is 5.92 Å². The van der Waals surface area contributed by atoms with E-state index in [1.807, 2.05) is 0 Å². The van der Waals surface area contributed by atoms with Gasteiger partial charge in [0.1, 0.15) is 0 Å². The molecule has 0 radical (unpaired) electrons. The molecule has 0 aromatic carbocycles. The fourth-order valence-corrected chi connectivity index (χ4v) is 4.90. The van der Waals surface area contributed by atoms with Crippen LogP contribution in [0, 0.1) is 5.92 Å². The average Bonchev–Trinajstić information content (AvgIpc) is 2.77. The molecular formula is C15H25NS2. The molecular weight excluding hydrogens is 258 g/mol. The van der Waals surface area contributed by atoms with Gasteiger partial charge in [0.15, 0.2) is 0 Å². The molecule has 1 aliphatic rings. The molecule has 1 nitrogen and oxygen atoms in total. The maximum absolute atomic E-state index is 3.73. The van der Waals surface area contributed by atoms with E-state index in [1.165, 1.54) is 30.8 Å². The molecule has 0 spiro atoms. The Bertz CT molecular complexity index is 347. The van der Waals surface area contributed by atoms with Crippen molar-refractivity contribution in [1.29, 1.82) is 0 Å². The van der Waals surface area contributed by atoms with Crippen LogP contribution in [0.5, 0.6) is 0 Å². The SMILES string of the molecule is CCCNC(CC(C)C)c1cc2c(s1)CCSC2. The summed E-state index contributed by atoms with van der Waals surface area (Å²) < 4.78 is 0. The molecule has 1 aromatic rings. The summed E-state index contributed by atoms with van der Waals surface area (Å²) in [5, 5.41) is 3.73. The molecule has 0 amide bonds. The maximum Gasteiger partial charge on any atom is 0.0417 e. The van der Waals surface area contributed by atoms with E-state index in [2.05, 4.69) is 55.3 Å². The first-order valence-corrected chi connectivity index (χ1v) is 9.10. The number of nitrogens with one attached hydrogen (secondary N) is 1. The Morgan fingerprint density at radius 2 is 2.22 bits per heavy atom. The lowest BCUT2D eigenvalue weighted by atomic mass is 10.0. The van der Waals surface area contributed by atoms with Crippen LogP contribution in [0.1, 0.15) is 55.0 Å². The molecule has 2 rings (SSSR count). The average molecular weight is 284 g/mol. The van der Waals surface area contributed by atoms with Crippen molar-refractivity contribution in [3.63, 3.8) is 0 Å². The minimum atomic E-state index is 0.575. The predicted molar refractivity (Wildman–Crippen MR) is 84.7 cm³/mol. The molecule has 0 bridgehead atoms. The minimum Gasteiger partial charge on any atom is -0.309 e. The van der Waals surface area contributed by atoms with Gasteiger partial charge in [-0.1, -0.05) is 20.8 Å². The van der Waals surface area contributed by atoms with E-state index >= 15 is 0 Å². The molecule has 1 aromatic heterocycles. The highest BCUT2D eigenvalue weighted by Crippen LogP contribution is 2.36. The van der Waals surface area contributed by atoms with Crippen LogP contribution in [-0.2, 0) is 12.2 Å². The third kappa shape index (κ3) is 3.75. The van der Waals surface area contributed by atoms with Crippen LogP contribution in [0.15, 0.2) is 6.07 Å². The van der Waals surface area contributed by atoms with Gasteiger partial charge in [-0.3, -0.25) is 0 Å². The topological polar surface area (TPSA) is 12.0 Å². The summed E-state index contributed by atoms with van der Waals surface area (Å²) in [6.45, 7) is 8.03. The fourth-order valence-electron chi connectivity index (χ4n) is 2.43. The number of rotatable bonds is 6. The summed E-state index contributed by atoms with van der Waals surface area (Å²) in [7, 11) is 0. The van der Waals surface area contributed by atoms with Crippen molar-refractivity contribution < 1.29 is 0 Å². The smallest absolute Gasteiger partial charge is 0.0417 e. The van der Waals surface area contributed by atoms with Gasteiger partial charge in [-0.15, -0.1) is 11.3 Å². The van der Waals surface area contributed by atoms with Crippen LogP contribution in [0.25, 0.3) is 0 Å². The summed E-state index contributed by atoms with van der Waals surface area (Å²) in [5.41, 5.74) is 1.61. The van der Waals surface area contributed by atoms with Gasteiger partial charge in [-0.05, 0) is 49.1 Å². The predicted octanol–water partition coefficient (Wildman–Crippen LogP) is 4.62. The Morgan fingerprint density at radius 1 is 1.39 bits per heavy atom. The largest absolute Gasteiger partial charge is 0.309 e. The van der Waals surface area contributed by atoms with Crippen LogP contribution in [0.3, 0.4) is 0 Å². The molecule has 102 valence electrons. The first kappa shape index (κ1) is 14.4. The third-order valence-electron chi connectivity index (χ3n) is 3.34. The van der Waals surface area contributed by atoms with Crippen molar-refractivity contribution >= 4 is 23.1 Å². The van der Waals surface area contributed by atoms with Gasteiger partial charge >= 0.3 is 0 Å². The van der Waals surface area contributed by atoms with E-state index < -0.39 is 0 Å². The van der Waals surface area contributed by atoms with Gasteiger partial charge in [0.05, 0.1) is 0 Å². The molecule has 1 atom stereocenters. The van der Waals surface area contributed by atoms with Crippen molar-refractivity contribution in [2.75, 3.05) is 12.3 Å². The Labute approximate surface area is 120 Å². The zero-order valence-electron chi connectivity index (χ0n) is 11.8. The molecule has 0 saturated heterocycles. The third-order valence-corrected chi connectivity index (χ3v) is 5.70. The Kier molecular flexibility index (Phi) is 5.58. The molecule has 0 saturated carbocycles.